The SMILES string of the molecule is CC(C)CC1C(=O)OCN1C(=O)OC(C)(C)C. The van der Waals surface area contributed by atoms with Crippen LogP contribution in [0.5, 0.6) is 0 Å². The lowest BCUT2D eigenvalue weighted by atomic mass is 10.0. The van der Waals surface area contributed by atoms with E-state index >= 15 is 0 Å². The highest BCUT2D eigenvalue weighted by Gasteiger charge is 2.39. The standard InChI is InChI=1S/C12H21NO4/c1-8(2)6-9-10(14)16-7-13(9)11(15)17-12(3,4)5/h8-9H,6-7H2,1-5H3. The highest BCUT2D eigenvalue weighted by atomic mass is 16.6. The van der Waals surface area contributed by atoms with Crippen LogP contribution in [0.4, 0.5) is 4.79 Å². The number of esters is 1. The van der Waals surface area contributed by atoms with E-state index in [1.165, 1.54) is 4.90 Å². The maximum atomic E-state index is 11.9. The Balaban J connectivity index is 2.69. The zero-order chi connectivity index (χ0) is 13.2. The minimum absolute atomic E-state index is 0.00880. The van der Waals surface area contributed by atoms with Crippen LogP contribution in [-0.4, -0.2) is 35.3 Å². The summed E-state index contributed by atoms with van der Waals surface area (Å²) in [6, 6.07) is -0.509. The number of hydrogen-bond donors (Lipinski definition) is 0. The molecule has 0 saturated carbocycles. The highest BCUT2D eigenvalue weighted by molar-refractivity contribution is 5.83. The van der Waals surface area contributed by atoms with Gasteiger partial charge in [-0.25, -0.2) is 9.59 Å². The molecular formula is C12H21NO4. The molecule has 1 rings (SSSR count). The Morgan fingerprint density at radius 2 is 2.12 bits per heavy atom. The van der Waals surface area contributed by atoms with E-state index in [0.29, 0.717) is 12.3 Å². The minimum atomic E-state index is -0.564. The van der Waals surface area contributed by atoms with Crippen molar-refractivity contribution in [1.29, 1.82) is 0 Å². The fourth-order valence-electron chi connectivity index (χ4n) is 1.62. The van der Waals surface area contributed by atoms with E-state index < -0.39 is 17.7 Å². The molecule has 0 radical (unpaired) electrons. The van der Waals surface area contributed by atoms with E-state index in [4.69, 9.17) is 9.47 Å². The Labute approximate surface area is 102 Å². The Hall–Kier alpha value is -1.26. The number of rotatable bonds is 2. The van der Waals surface area contributed by atoms with Crippen molar-refractivity contribution < 1.29 is 19.1 Å². The predicted octanol–water partition coefficient (Wildman–Crippen LogP) is 2.15. The zero-order valence-corrected chi connectivity index (χ0v) is 11.1. The van der Waals surface area contributed by atoms with Crippen LogP contribution in [-0.2, 0) is 14.3 Å². The van der Waals surface area contributed by atoms with Crippen LogP contribution >= 0.6 is 0 Å². The van der Waals surface area contributed by atoms with Crippen molar-refractivity contribution in [2.75, 3.05) is 6.73 Å². The maximum absolute atomic E-state index is 11.9. The lowest BCUT2D eigenvalue weighted by Gasteiger charge is -2.26. The lowest BCUT2D eigenvalue weighted by Crippen LogP contribution is -2.42. The zero-order valence-electron chi connectivity index (χ0n) is 11.1. The summed E-state index contributed by atoms with van der Waals surface area (Å²) in [5, 5.41) is 0. The molecule has 1 aliphatic rings. The summed E-state index contributed by atoms with van der Waals surface area (Å²) >= 11 is 0. The first kappa shape index (κ1) is 13.8. The summed E-state index contributed by atoms with van der Waals surface area (Å²) in [4.78, 5) is 24.7. The summed E-state index contributed by atoms with van der Waals surface area (Å²) < 4.78 is 10.1. The predicted molar refractivity (Wildman–Crippen MR) is 62.3 cm³/mol. The van der Waals surface area contributed by atoms with Crippen molar-refractivity contribution in [3.8, 4) is 0 Å². The van der Waals surface area contributed by atoms with Gasteiger partial charge in [-0.05, 0) is 33.1 Å². The van der Waals surface area contributed by atoms with Crippen molar-refractivity contribution in [2.24, 2.45) is 5.92 Å². The summed E-state index contributed by atoms with van der Waals surface area (Å²) in [6.45, 7) is 9.37. The second-order valence-electron chi connectivity index (χ2n) is 5.69. The molecule has 0 spiro atoms. The van der Waals surface area contributed by atoms with E-state index in [1.54, 1.807) is 20.8 Å². The van der Waals surface area contributed by atoms with Gasteiger partial charge < -0.3 is 9.47 Å². The molecule has 98 valence electrons. The quantitative estimate of drug-likeness (QED) is 0.697. The molecule has 1 fully saturated rings. The van der Waals surface area contributed by atoms with Crippen LogP contribution < -0.4 is 0 Å². The van der Waals surface area contributed by atoms with Crippen molar-refractivity contribution in [1.82, 2.24) is 4.90 Å². The fraction of sp³-hybridized carbons (Fsp3) is 0.833. The van der Waals surface area contributed by atoms with Gasteiger partial charge in [-0.3, -0.25) is 4.90 Å². The molecule has 0 aromatic heterocycles. The topological polar surface area (TPSA) is 55.8 Å². The molecule has 1 unspecified atom stereocenters. The van der Waals surface area contributed by atoms with Gasteiger partial charge in [-0.1, -0.05) is 13.8 Å². The molecular weight excluding hydrogens is 222 g/mol. The van der Waals surface area contributed by atoms with Crippen LogP contribution in [0.25, 0.3) is 0 Å². The third-order valence-electron chi connectivity index (χ3n) is 2.32. The van der Waals surface area contributed by atoms with Crippen LogP contribution in [0.3, 0.4) is 0 Å². The van der Waals surface area contributed by atoms with E-state index in [-0.39, 0.29) is 12.7 Å². The monoisotopic (exact) mass is 243 g/mol. The van der Waals surface area contributed by atoms with Crippen molar-refractivity contribution in [3.05, 3.63) is 0 Å². The molecule has 5 nitrogen and oxygen atoms in total. The molecule has 5 heteroatoms. The second-order valence-corrected chi connectivity index (χ2v) is 5.69. The third-order valence-corrected chi connectivity index (χ3v) is 2.32. The summed E-state index contributed by atoms with van der Waals surface area (Å²) in [6.07, 6.45) is 0.104. The Morgan fingerprint density at radius 1 is 1.53 bits per heavy atom. The van der Waals surface area contributed by atoms with Crippen molar-refractivity contribution in [2.45, 2.75) is 52.7 Å². The van der Waals surface area contributed by atoms with Gasteiger partial charge in [-0.15, -0.1) is 0 Å². The number of carbonyl (C=O) groups excluding carboxylic acids is 2. The average Bonchev–Trinajstić information content (AvgIpc) is 2.44. The number of nitrogens with zero attached hydrogens (tertiary/aromatic N) is 1. The van der Waals surface area contributed by atoms with Gasteiger partial charge in [0, 0.05) is 0 Å². The molecule has 1 saturated heterocycles. The number of ether oxygens (including phenoxy) is 2. The van der Waals surface area contributed by atoms with Gasteiger partial charge in [0.25, 0.3) is 0 Å². The fourth-order valence-corrected chi connectivity index (χ4v) is 1.62. The van der Waals surface area contributed by atoms with E-state index in [2.05, 4.69) is 0 Å². The van der Waals surface area contributed by atoms with E-state index in [9.17, 15) is 9.59 Å². The first-order valence-corrected chi connectivity index (χ1v) is 5.87. The molecule has 0 aliphatic carbocycles. The van der Waals surface area contributed by atoms with Gasteiger partial charge in [0.2, 0.25) is 0 Å². The minimum Gasteiger partial charge on any atom is -0.444 e. The van der Waals surface area contributed by atoms with Gasteiger partial charge in [-0.2, -0.15) is 0 Å². The van der Waals surface area contributed by atoms with Crippen molar-refractivity contribution >= 4 is 12.1 Å². The lowest BCUT2D eigenvalue weighted by molar-refractivity contribution is -0.139. The number of cyclic esters (lactones) is 1. The molecule has 0 aromatic rings. The van der Waals surface area contributed by atoms with Crippen molar-refractivity contribution in [3.63, 3.8) is 0 Å². The maximum Gasteiger partial charge on any atom is 0.413 e. The number of hydrogen-bond acceptors (Lipinski definition) is 4. The summed E-state index contributed by atoms with van der Waals surface area (Å²) in [5.74, 6) is -0.0276. The molecule has 0 aromatic carbocycles. The molecule has 0 N–H and O–H groups in total. The first-order chi connectivity index (χ1) is 7.70. The number of carbonyl (C=O) groups is 2. The Kier molecular flexibility index (Phi) is 4.01. The molecule has 1 aliphatic heterocycles. The second kappa shape index (κ2) is 4.94. The molecule has 17 heavy (non-hydrogen) atoms. The smallest absolute Gasteiger partial charge is 0.413 e. The van der Waals surface area contributed by atoms with Gasteiger partial charge >= 0.3 is 12.1 Å². The third kappa shape index (κ3) is 3.91. The van der Waals surface area contributed by atoms with E-state index in [0.717, 1.165) is 0 Å². The van der Waals surface area contributed by atoms with E-state index in [1.807, 2.05) is 13.8 Å². The first-order valence-electron chi connectivity index (χ1n) is 5.87. The normalized spacial score (nSPS) is 20.7. The summed E-state index contributed by atoms with van der Waals surface area (Å²) in [7, 11) is 0. The highest BCUT2D eigenvalue weighted by Crippen LogP contribution is 2.21. The van der Waals surface area contributed by atoms with Crippen LogP contribution in [0.15, 0.2) is 0 Å². The number of amides is 1. The molecule has 1 atom stereocenters. The Morgan fingerprint density at radius 3 is 2.59 bits per heavy atom. The molecule has 1 heterocycles. The van der Waals surface area contributed by atoms with Crippen LogP contribution in [0.2, 0.25) is 0 Å². The van der Waals surface area contributed by atoms with Gasteiger partial charge in [0.1, 0.15) is 11.6 Å². The largest absolute Gasteiger partial charge is 0.444 e. The average molecular weight is 243 g/mol. The summed E-state index contributed by atoms with van der Waals surface area (Å²) in [5.41, 5.74) is -0.564. The van der Waals surface area contributed by atoms with Crippen LogP contribution in [0, 0.1) is 5.92 Å². The van der Waals surface area contributed by atoms with Crippen LogP contribution in [0.1, 0.15) is 41.0 Å². The molecule has 1 amide bonds. The van der Waals surface area contributed by atoms with Gasteiger partial charge in [0.15, 0.2) is 6.73 Å². The molecule has 0 bridgehead atoms. The van der Waals surface area contributed by atoms with Gasteiger partial charge in [0.05, 0.1) is 0 Å². The Bertz CT molecular complexity index is 306.